The Kier molecular flexibility index (Phi) is 3.29. The van der Waals surface area contributed by atoms with Gasteiger partial charge in [-0.3, -0.25) is 4.79 Å². The second-order valence-electron chi connectivity index (χ2n) is 5.05. The van der Waals surface area contributed by atoms with Gasteiger partial charge in [0.1, 0.15) is 11.6 Å². The Morgan fingerprint density at radius 1 is 1.10 bits per heavy atom. The summed E-state index contributed by atoms with van der Waals surface area (Å²) in [5.41, 5.74) is 1.80. The van der Waals surface area contributed by atoms with Crippen molar-refractivity contribution in [3.63, 3.8) is 0 Å². The van der Waals surface area contributed by atoms with Gasteiger partial charge in [-0.15, -0.1) is 0 Å². The lowest BCUT2D eigenvalue weighted by atomic mass is 10.1. The topological polar surface area (TPSA) is 22.0 Å². The zero-order chi connectivity index (χ0) is 15.0. The van der Waals surface area contributed by atoms with E-state index in [9.17, 15) is 13.6 Å². The van der Waals surface area contributed by atoms with Gasteiger partial charge in [-0.1, -0.05) is 11.6 Å². The van der Waals surface area contributed by atoms with Gasteiger partial charge in [0.2, 0.25) is 0 Å². The molecule has 1 aromatic heterocycles. The van der Waals surface area contributed by atoms with Crippen LogP contribution in [0.5, 0.6) is 0 Å². The molecule has 3 rings (SSSR count). The highest BCUT2D eigenvalue weighted by Crippen LogP contribution is 2.19. The van der Waals surface area contributed by atoms with E-state index in [1.807, 2.05) is 31.2 Å². The Morgan fingerprint density at radius 3 is 2.71 bits per heavy atom. The SMILES string of the molecule is Cc1ccc2c(ccn2CC(=O)c2cc(F)ccc2F)c1. The number of Topliss-reactive ketones (excluding diaryl/α,β-unsaturated/α-hetero) is 1. The number of carbonyl (C=O) groups is 1. The van der Waals surface area contributed by atoms with Gasteiger partial charge < -0.3 is 4.57 Å². The van der Waals surface area contributed by atoms with Crippen molar-refractivity contribution < 1.29 is 13.6 Å². The number of benzene rings is 2. The van der Waals surface area contributed by atoms with Gasteiger partial charge in [0.05, 0.1) is 12.1 Å². The first-order chi connectivity index (χ1) is 10.0. The number of nitrogens with zero attached hydrogens (tertiary/aromatic N) is 1. The number of aromatic nitrogens is 1. The molecule has 0 aliphatic carbocycles. The number of rotatable bonds is 3. The summed E-state index contributed by atoms with van der Waals surface area (Å²) in [5, 5.41) is 1.02. The fraction of sp³-hybridized carbons (Fsp3) is 0.118. The highest BCUT2D eigenvalue weighted by molar-refractivity contribution is 5.97. The van der Waals surface area contributed by atoms with Crippen molar-refractivity contribution in [3.05, 3.63) is 71.4 Å². The average Bonchev–Trinajstić information content (AvgIpc) is 2.83. The third kappa shape index (κ3) is 2.57. The summed E-state index contributed by atoms with van der Waals surface area (Å²) in [7, 11) is 0. The zero-order valence-electron chi connectivity index (χ0n) is 11.4. The summed E-state index contributed by atoms with van der Waals surface area (Å²) in [6.45, 7) is 1.97. The number of aryl methyl sites for hydroxylation is 1. The molecule has 3 aromatic rings. The average molecular weight is 285 g/mol. The Labute approximate surface area is 120 Å². The molecule has 0 aliphatic heterocycles. The Bertz CT molecular complexity index is 836. The quantitative estimate of drug-likeness (QED) is 0.664. The Hall–Kier alpha value is -2.49. The van der Waals surface area contributed by atoms with E-state index in [-0.39, 0.29) is 12.1 Å². The second-order valence-corrected chi connectivity index (χ2v) is 5.05. The van der Waals surface area contributed by atoms with Crippen LogP contribution in [0.3, 0.4) is 0 Å². The van der Waals surface area contributed by atoms with Crippen molar-refractivity contribution in [1.29, 1.82) is 0 Å². The third-order valence-corrected chi connectivity index (χ3v) is 3.47. The molecule has 0 bridgehead atoms. The van der Waals surface area contributed by atoms with Crippen molar-refractivity contribution in [2.75, 3.05) is 0 Å². The number of carbonyl (C=O) groups excluding carboxylic acids is 1. The maximum atomic E-state index is 13.6. The van der Waals surface area contributed by atoms with Crippen molar-refractivity contribution in [1.82, 2.24) is 4.57 Å². The molecule has 0 unspecified atom stereocenters. The van der Waals surface area contributed by atoms with Gasteiger partial charge in [-0.2, -0.15) is 0 Å². The minimum atomic E-state index is -0.700. The van der Waals surface area contributed by atoms with Crippen molar-refractivity contribution >= 4 is 16.7 Å². The Morgan fingerprint density at radius 2 is 1.90 bits per heavy atom. The highest BCUT2D eigenvalue weighted by Gasteiger charge is 2.14. The van der Waals surface area contributed by atoms with Crippen molar-refractivity contribution in [2.24, 2.45) is 0 Å². The molecule has 0 N–H and O–H groups in total. The second kappa shape index (κ2) is 5.13. The molecule has 0 spiro atoms. The zero-order valence-corrected chi connectivity index (χ0v) is 11.4. The molecule has 0 radical (unpaired) electrons. The molecule has 0 atom stereocenters. The molecule has 21 heavy (non-hydrogen) atoms. The predicted molar refractivity (Wildman–Crippen MR) is 77.4 cm³/mol. The van der Waals surface area contributed by atoms with Crippen LogP contribution in [-0.4, -0.2) is 10.4 Å². The maximum absolute atomic E-state index is 13.6. The first-order valence-corrected chi connectivity index (χ1v) is 6.58. The smallest absolute Gasteiger partial charge is 0.185 e. The van der Waals surface area contributed by atoms with Gasteiger partial charge in [0.15, 0.2) is 5.78 Å². The van der Waals surface area contributed by atoms with E-state index in [0.29, 0.717) is 0 Å². The van der Waals surface area contributed by atoms with Crippen LogP contribution >= 0.6 is 0 Å². The molecule has 4 heteroatoms. The van der Waals surface area contributed by atoms with Gasteiger partial charge >= 0.3 is 0 Å². The molecule has 0 saturated heterocycles. The van der Waals surface area contributed by atoms with Crippen molar-refractivity contribution in [3.8, 4) is 0 Å². The monoisotopic (exact) mass is 285 g/mol. The third-order valence-electron chi connectivity index (χ3n) is 3.47. The maximum Gasteiger partial charge on any atom is 0.185 e. The molecule has 0 aliphatic rings. The van der Waals surface area contributed by atoms with E-state index < -0.39 is 17.4 Å². The van der Waals surface area contributed by atoms with E-state index in [2.05, 4.69) is 0 Å². The lowest BCUT2D eigenvalue weighted by Gasteiger charge is -2.06. The van der Waals surface area contributed by atoms with Gasteiger partial charge in [0, 0.05) is 11.7 Å². The fourth-order valence-corrected chi connectivity index (χ4v) is 2.41. The predicted octanol–water partition coefficient (Wildman–Crippen LogP) is 4.11. The molecule has 0 saturated carbocycles. The Balaban J connectivity index is 1.95. The number of hydrogen-bond donors (Lipinski definition) is 0. The molecule has 2 aromatic carbocycles. The summed E-state index contributed by atoms with van der Waals surface area (Å²) >= 11 is 0. The van der Waals surface area contributed by atoms with E-state index in [4.69, 9.17) is 0 Å². The van der Waals surface area contributed by atoms with Gasteiger partial charge in [0.25, 0.3) is 0 Å². The van der Waals surface area contributed by atoms with Gasteiger partial charge in [-0.05, 0) is 48.7 Å². The number of ketones is 1. The van der Waals surface area contributed by atoms with Crippen LogP contribution < -0.4 is 0 Å². The van der Waals surface area contributed by atoms with Crippen molar-refractivity contribution in [2.45, 2.75) is 13.5 Å². The molecular weight excluding hydrogens is 272 g/mol. The summed E-state index contributed by atoms with van der Waals surface area (Å²) in [6.07, 6.45) is 1.78. The van der Waals surface area contributed by atoms with E-state index in [1.165, 1.54) is 0 Å². The molecule has 0 amide bonds. The van der Waals surface area contributed by atoms with Crippen LogP contribution in [-0.2, 0) is 6.54 Å². The molecule has 106 valence electrons. The van der Waals surface area contributed by atoms with Crippen LogP contribution in [0, 0.1) is 18.6 Å². The van der Waals surface area contributed by atoms with Crippen LogP contribution in [0.2, 0.25) is 0 Å². The van der Waals surface area contributed by atoms with Crippen LogP contribution in [0.25, 0.3) is 10.9 Å². The first kappa shape index (κ1) is 13.5. The van der Waals surface area contributed by atoms with E-state index in [1.54, 1.807) is 10.8 Å². The van der Waals surface area contributed by atoms with Gasteiger partial charge in [-0.25, -0.2) is 8.78 Å². The summed E-state index contributed by atoms with van der Waals surface area (Å²) in [4.78, 5) is 12.2. The number of halogens is 2. The van der Waals surface area contributed by atoms with E-state index >= 15 is 0 Å². The highest BCUT2D eigenvalue weighted by atomic mass is 19.1. The lowest BCUT2D eigenvalue weighted by Crippen LogP contribution is -2.11. The molecular formula is C17H13F2NO. The molecule has 2 nitrogen and oxygen atoms in total. The lowest BCUT2D eigenvalue weighted by molar-refractivity contribution is 0.0969. The minimum Gasteiger partial charge on any atom is -0.340 e. The summed E-state index contributed by atoms with van der Waals surface area (Å²) in [6, 6.07) is 10.7. The normalized spacial score (nSPS) is 11.0. The summed E-state index contributed by atoms with van der Waals surface area (Å²) in [5.74, 6) is -1.77. The minimum absolute atomic E-state index is 0.0209. The van der Waals surface area contributed by atoms with Crippen LogP contribution in [0.1, 0.15) is 15.9 Å². The number of hydrogen-bond acceptors (Lipinski definition) is 1. The standard InChI is InChI=1S/C17H13F2NO/c1-11-2-5-16-12(8-11)6-7-20(16)10-17(21)14-9-13(18)3-4-15(14)19/h2-9H,10H2,1H3. The largest absolute Gasteiger partial charge is 0.340 e. The fourth-order valence-electron chi connectivity index (χ4n) is 2.41. The molecule has 0 fully saturated rings. The number of fused-ring (bicyclic) bond motifs is 1. The first-order valence-electron chi connectivity index (χ1n) is 6.58. The van der Waals surface area contributed by atoms with E-state index in [0.717, 1.165) is 34.7 Å². The molecule has 1 heterocycles. The van der Waals surface area contributed by atoms with Crippen LogP contribution in [0.15, 0.2) is 48.7 Å². The van der Waals surface area contributed by atoms with Crippen LogP contribution in [0.4, 0.5) is 8.78 Å². The summed E-state index contributed by atoms with van der Waals surface area (Å²) < 4.78 is 28.5.